The summed E-state index contributed by atoms with van der Waals surface area (Å²) in [6.45, 7) is 9.99. The zero-order valence-electron chi connectivity index (χ0n) is 21.8. The van der Waals surface area contributed by atoms with Crippen LogP contribution in [0, 0.1) is 3.57 Å². The molecule has 0 saturated carbocycles. The minimum Gasteiger partial charge on any atom is -0.504 e. The number of halogens is 1. The molecule has 1 N–H and O–H groups in total. The van der Waals surface area contributed by atoms with Crippen molar-refractivity contribution in [3.05, 3.63) is 82.1 Å². The molecule has 0 amide bonds. The molecule has 0 radical (unpaired) electrons. The van der Waals surface area contributed by atoms with E-state index in [0.717, 1.165) is 5.56 Å². The van der Waals surface area contributed by atoms with Crippen LogP contribution in [-0.2, 0) is 9.53 Å². The third-order valence-corrected chi connectivity index (χ3v) is 7.54. The molecule has 10 heteroatoms. The van der Waals surface area contributed by atoms with Crippen molar-refractivity contribution in [1.29, 1.82) is 0 Å². The van der Waals surface area contributed by atoms with Crippen LogP contribution in [0.25, 0.3) is 6.08 Å². The van der Waals surface area contributed by atoms with Crippen LogP contribution < -0.4 is 24.4 Å². The second-order valence-electron chi connectivity index (χ2n) is 8.82. The lowest BCUT2D eigenvalue weighted by Crippen LogP contribution is -2.40. The quantitative estimate of drug-likeness (QED) is 0.289. The van der Waals surface area contributed by atoms with Crippen LogP contribution in [0.2, 0.25) is 0 Å². The number of rotatable bonds is 8. The van der Waals surface area contributed by atoms with Gasteiger partial charge in [-0.15, -0.1) is 0 Å². The first-order chi connectivity index (χ1) is 18.1. The highest BCUT2D eigenvalue weighted by Crippen LogP contribution is 2.34. The first kappa shape index (κ1) is 27.9. The number of benzene rings is 2. The van der Waals surface area contributed by atoms with Gasteiger partial charge in [0.15, 0.2) is 16.3 Å². The van der Waals surface area contributed by atoms with E-state index in [9.17, 15) is 14.7 Å². The zero-order valence-corrected chi connectivity index (χ0v) is 24.8. The first-order valence-corrected chi connectivity index (χ1v) is 14.2. The van der Waals surface area contributed by atoms with E-state index in [2.05, 4.69) is 4.99 Å². The van der Waals surface area contributed by atoms with Gasteiger partial charge in [-0.1, -0.05) is 23.5 Å². The Bertz CT molecular complexity index is 1570. The number of phenolic OH excluding ortho intramolecular Hbond substituents is 1. The summed E-state index contributed by atoms with van der Waals surface area (Å²) in [5.74, 6) is 0.595. The van der Waals surface area contributed by atoms with Crippen LogP contribution in [0.4, 0.5) is 0 Å². The fourth-order valence-electron chi connectivity index (χ4n) is 4.18. The minimum absolute atomic E-state index is 0.0606. The number of hydrogen-bond acceptors (Lipinski definition) is 8. The Balaban J connectivity index is 1.91. The Morgan fingerprint density at radius 1 is 1.18 bits per heavy atom. The number of phenols is 1. The molecule has 1 aromatic heterocycles. The van der Waals surface area contributed by atoms with Gasteiger partial charge in [0, 0.05) is 0 Å². The lowest BCUT2D eigenvalue weighted by Gasteiger charge is -2.25. The third kappa shape index (κ3) is 5.65. The van der Waals surface area contributed by atoms with Crippen LogP contribution in [0.15, 0.2) is 57.5 Å². The predicted octanol–water partition coefficient (Wildman–Crippen LogP) is 4.29. The van der Waals surface area contributed by atoms with E-state index in [1.165, 1.54) is 11.3 Å². The second kappa shape index (κ2) is 11.7. The molecule has 4 rings (SSSR count). The molecule has 38 heavy (non-hydrogen) atoms. The summed E-state index contributed by atoms with van der Waals surface area (Å²) in [5.41, 5.74) is 1.98. The molecule has 0 saturated heterocycles. The summed E-state index contributed by atoms with van der Waals surface area (Å²) in [7, 11) is 0. The molecule has 1 atom stereocenters. The topological polar surface area (TPSA) is 99.4 Å². The van der Waals surface area contributed by atoms with Gasteiger partial charge in [0.05, 0.1) is 44.7 Å². The van der Waals surface area contributed by atoms with Gasteiger partial charge in [-0.3, -0.25) is 9.36 Å². The number of ether oxygens (including phenoxy) is 3. The Morgan fingerprint density at radius 3 is 2.50 bits per heavy atom. The summed E-state index contributed by atoms with van der Waals surface area (Å²) in [6, 6.07) is 10.1. The van der Waals surface area contributed by atoms with Crippen molar-refractivity contribution < 1.29 is 24.1 Å². The lowest BCUT2D eigenvalue weighted by atomic mass is 9.96. The van der Waals surface area contributed by atoms with Crippen molar-refractivity contribution in [1.82, 2.24) is 4.57 Å². The van der Waals surface area contributed by atoms with Crippen LogP contribution in [0.5, 0.6) is 17.2 Å². The van der Waals surface area contributed by atoms with Crippen molar-refractivity contribution >= 4 is 46.0 Å². The van der Waals surface area contributed by atoms with Gasteiger partial charge in [0.25, 0.3) is 5.56 Å². The third-order valence-electron chi connectivity index (χ3n) is 5.74. The van der Waals surface area contributed by atoms with Crippen LogP contribution >= 0.6 is 33.9 Å². The summed E-state index contributed by atoms with van der Waals surface area (Å²) < 4.78 is 19.3. The van der Waals surface area contributed by atoms with E-state index in [0.29, 0.717) is 54.5 Å². The summed E-state index contributed by atoms with van der Waals surface area (Å²) in [6.07, 6.45) is 1.42. The van der Waals surface area contributed by atoms with Gasteiger partial charge in [0.2, 0.25) is 0 Å². The van der Waals surface area contributed by atoms with Crippen molar-refractivity contribution in [2.45, 2.75) is 46.8 Å². The molecule has 1 aliphatic heterocycles. The molecular formula is C28H29IN2O6S. The number of carbonyl (C=O) groups is 1. The maximum absolute atomic E-state index is 13.8. The Labute approximate surface area is 238 Å². The standard InChI is InChI=1S/C28H29IN2O6S/c1-6-35-19-10-8-18(9-11-19)24-23(27(34)37-15(3)4)16(5)30-28-31(24)26(33)22(38-28)14-17-12-20(29)25(32)21(13-17)36-7-2/h8-15,24,32H,6-7H2,1-5H3/b22-14+/t24-/m0/s1. The van der Waals surface area contributed by atoms with E-state index >= 15 is 0 Å². The molecule has 0 aliphatic carbocycles. The highest BCUT2D eigenvalue weighted by Gasteiger charge is 2.33. The van der Waals surface area contributed by atoms with Gasteiger partial charge >= 0.3 is 5.97 Å². The number of esters is 1. The van der Waals surface area contributed by atoms with Crippen LogP contribution in [-0.4, -0.2) is 35.0 Å². The van der Waals surface area contributed by atoms with Crippen molar-refractivity contribution in [2.75, 3.05) is 13.2 Å². The normalized spacial score (nSPS) is 15.3. The molecule has 1 aliphatic rings. The summed E-state index contributed by atoms with van der Waals surface area (Å²) in [4.78, 5) is 32.2. The highest BCUT2D eigenvalue weighted by molar-refractivity contribution is 14.1. The fraction of sp³-hybridized carbons (Fsp3) is 0.321. The molecule has 2 heterocycles. The second-order valence-corrected chi connectivity index (χ2v) is 11.0. The van der Waals surface area contributed by atoms with Crippen LogP contribution in [0.1, 0.15) is 51.8 Å². The summed E-state index contributed by atoms with van der Waals surface area (Å²) in [5, 5.41) is 10.3. The van der Waals surface area contributed by atoms with E-state index in [-0.39, 0.29) is 17.4 Å². The number of fused-ring (bicyclic) bond motifs is 1. The molecule has 0 bridgehead atoms. The number of aromatic nitrogens is 1. The van der Waals surface area contributed by atoms with Crippen molar-refractivity contribution in [3.8, 4) is 17.2 Å². The Hall–Kier alpha value is -3.12. The molecule has 0 fully saturated rings. The monoisotopic (exact) mass is 648 g/mol. The average molecular weight is 649 g/mol. The van der Waals surface area contributed by atoms with E-state index in [1.54, 1.807) is 43.5 Å². The molecule has 0 unspecified atom stereocenters. The maximum Gasteiger partial charge on any atom is 0.338 e. The van der Waals surface area contributed by atoms with E-state index < -0.39 is 12.0 Å². The SMILES string of the molecule is CCOc1ccc([C@H]2C(C(=O)OC(C)C)=C(C)N=c3s/c(=C/c4cc(I)c(O)c(OCC)c4)c(=O)n32)cc1. The smallest absolute Gasteiger partial charge is 0.338 e. The number of carbonyl (C=O) groups excluding carboxylic acids is 1. The van der Waals surface area contributed by atoms with Crippen LogP contribution in [0.3, 0.4) is 0 Å². The number of aromatic hydroxyl groups is 1. The molecular weight excluding hydrogens is 619 g/mol. The molecule has 200 valence electrons. The minimum atomic E-state index is -0.714. The fourth-order valence-corrected chi connectivity index (χ4v) is 5.85. The van der Waals surface area contributed by atoms with Gasteiger partial charge in [-0.05, 0) is 98.7 Å². The Kier molecular flexibility index (Phi) is 8.61. The Morgan fingerprint density at radius 2 is 1.87 bits per heavy atom. The van der Waals surface area contributed by atoms with E-state index in [1.807, 2.05) is 60.7 Å². The molecule has 8 nitrogen and oxygen atoms in total. The maximum atomic E-state index is 13.8. The van der Waals surface area contributed by atoms with Gasteiger partial charge in [-0.2, -0.15) is 0 Å². The summed E-state index contributed by atoms with van der Waals surface area (Å²) >= 11 is 3.27. The zero-order chi connectivity index (χ0) is 27.6. The van der Waals surface area contributed by atoms with Gasteiger partial charge < -0.3 is 19.3 Å². The number of thiazole rings is 1. The largest absolute Gasteiger partial charge is 0.504 e. The number of nitrogens with zero attached hydrogens (tertiary/aromatic N) is 2. The highest BCUT2D eigenvalue weighted by atomic mass is 127. The predicted molar refractivity (Wildman–Crippen MR) is 155 cm³/mol. The molecule has 2 aromatic carbocycles. The molecule has 3 aromatic rings. The van der Waals surface area contributed by atoms with Crippen molar-refractivity contribution in [3.63, 3.8) is 0 Å². The number of allylic oxidation sites excluding steroid dienone is 1. The van der Waals surface area contributed by atoms with E-state index in [4.69, 9.17) is 14.2 Å². The number of hydrogen-bond donors (Lipinski definition) is 1. The molecule has 0 spiro atoms. The van der Waals surface area contributed by atoms with Gasteiger partial charge in [-0.25, -0.2) is 9.79 Å². The van der Waals surface area contributed by atoms with Crippen molar-refractivity contribution in [2.24, 2.45) is 4.99 Å². The van der Waals surface area contributed by atoms with Gasteiger partial charge in [0.1, 0.15) is 5.75 Å². The lowest BCUT2D eigenvalue weighted by molar-refractivity contribution is -0.143. The first-order valence-electron chi connectivity index (χ1n) is 12.3. The average Bonchev–Trinajstić information content (AvgIpc) is 3.16.